The van der Waals surface area contributed by atoms with E-state index in [1.807, 2.05) is 0 Å². The summed E-state index contributed by atoms with van der Waals surface area (Å²) in [5, 5.41) is 24.1. The first kappa shape index (κ1) is 16.1. The number of hydrogen-bond donors (Lipinski definition) is 1. The Morgan fingerprint density at radius 2 is 1.87 bits per heavy atom. The van der Waals surface area contributed by atoms with Gasteiger partial charge in [-0.3, -0.25) is 20.3 Å². The molecule has 0 heterocycles. The van der Waals surface area contributed by atoms with Gasteiger partial charge in [0.15, 0.2) is 0 Å². The number of para-hydroxylation sites is 2. The topological polar surface area (TPSA) is 108 Å². The van der Waals surface area contributed by atoms with Crippen LogP contribution in [0.25, 0.3) is 0 Å². The van der Waals surface area contributed by atoms with Crippen LogP contribution in [0, 0.1) is 21.4 Å². The second-order valence-electron chi connectivity index (χ2n) is 4.29. The van der Waals surface area contributed by atoms with Gasteiger partial charge in [-0.2, -0.15) is 10.4 Å². The van der Waals surface area contributed by atoms with Crippen LogP contribution in [0.3, 0.4) is 0 Å². The third-order valence-electron chi connectivity index (χ3n) is 2.82. The number of nitrogens with zero attached hydrogens (tertiary/aromatic N) is 3. The molecule has 0 unspecified atom stereocenters. The minimum Gasteiger partial charge on any atom is -0.286 e. The molecular weight excluding hydrogens is 320 g/mol. The third-order valence-corrected chi connectivity index (χ3v) is 3.07. The fourth-order valence-corrected chi connectivity index (χ4v) is 1.83. The van der Waals surface area contributed by atoms with Crippen molar-refractivity contribution in [3.8, 4) is 6.07 Å². The van der Waals surface area contributed by atoms with Gasteiger partial charge in [0.25, 0.3) is 5.69 Å². The highest BCUT2D eigenvalue weighted by Crippen LogP contribution is 2.23. The first-order valence-corrected chi connectivity index (χ1v) is 6.68. The zero-order chi connectivity index (χ0) is 16.8. The molecule has 0 radical (unpaired) electrons. The summed E-state index contributed by atoms with van der Waals surface area (Å²) >= 11 is 5.74. The number of nitro groups is 1. The molecule has 0 aliphatic carbocycles. The second kappa shape index (κ2) is 7.15. The predicted molar refractivity (Wildman–Crippen MR) is 85.5 cm³/mol. The number of hydrogen-bond acceptors (Lipinski definition) is 6. The Morgan fingerprint density at radius 3 is 2.48 bits per heavy atom. The summed E-state index contributed by atoms with van der Waals surface area (Å²) in [6.45, 7) is 0. The van der Waals surface area contributed by atoms with Gasteiger partial charge in [0.1, 0.15) is 11.8 Å². The van der Waals surface area contributed by atoms with Crippen LogP contribution >= 0.6 is 11.6 Å². The maximum Gasteiger partial charge on any atom is 0.294 e. The maximum atomic E-state index is 12.2. The summed E-state index contributed by atoms with van der Waals surface area (Å²) in [4.78, 5) is 22.5. The molecule has 8 heteroatoms. The van der Waals surface area contributed by atoms with Crippen molar-refractivity contribution >= 4 is 34.5 Å². The van der Waals surface area contributed by atoms with Gasteiger partial charge in [0.05, 0.1) is 4.92 Å². The minimum atomic E-state index is -0.616. The van der Waals surface area contributed by atoms with Gasteiger partial charge in [-0.25, -0.2) is 0 Å². The molecule has 23 heavy (non-hydrogen) atoms. The summed E-state index contributed by atoms with van der Waals surface area (Å²) in [7, 11) is 0. The van der Waals surface area contributed by atoms with Crippen molar-refractivity contribution < 1.29 is 9.72 Å². The van der Waals surface area contributed by atoms with Crippen LogP contribution < -0.4 is 5.43 Å². The monoisotopic (exact) mass is 328 g/mol. The quantitative estimate of drug-likeness (QED) is 0.391. The maximum absolute atomic E-state index is 12.2. The normalized spacial score (nSPS) is 10.7. The standard InChI is InChI=1S/C15H9ClN4O3/c16-11-7-5-10(6-8-11)15(21)13(9-17)19-18-12-3-1-2-4-14(12)20(22)23/h1-8,18H. The molecule has 2 aromatic rings. The van der Waals surface area contributed by atoms with Crippen molar-refractivity contribution in [2.45, 2.75) is 0 Å². The van der Waals surface area contributed by atoms with Crippen LogP contribution in [0.15, 0.2) is 53.6 Å². The molecule has 7 nitrogen and oxygen atoms in total. The average molecular weight is 329 g/mol. The molecule has 0 saturated carbocycles. The van der Waals surface area contributed by atoms with E-state index in [1.165, 1.54) is 42.5 Å². The highest BCUT2D eigenvalue weighted by Gasteiger charge is 2.16. The Kier molecular flexibility index (Phi) is 5.02. The van der Waals surface area contributed by atoms with E-state index in [2.05, 4.69) is 10.5 Å². The van der Waals surface area contributed by atoms with Crippen molar-refractivity contribution in [3.63, 3.8) is 0 Å². The summed E-state index contributed by atoms with van der Waals surface area (Å²) in [5.74, 6) is -0.616. The smallest absolute Gasteiger partial charge is 0.286 e. The third kappa shape index (κ3) is 3.90. The first-order valence-electron chi connectivity index (χ1n) is 6.30. The lowest BCUT2D eigenvalue weighted by Crippen LogP contribution is -2.14. The minimum absolute atomic E-state index is 0.0779. The van der Waals surface area contributed by atoms with Crippen LogP contribution in [0.1, 0.15) is 10.4 Å². The SMILES string of the molecule is N#CC(=NNc1ccccc1[N+](=O)[O-])C(=O)c1ccc(Cl)cc1. The molecule has 0 bridgehead atoms. The van der Waals surface area contributed by atoms with Gasteiger partial charge in [0.2, 0.25) is 11.5 Å². The molecule has 0 aliphatic heterocycles. The molecule has 1 N–H and O–H groups in total. The van der Waals surface area contributed by atoms with Crippen LogP contribution in [0.5, 0.6) is 0 Å². The molecule has 2 rings (SSSR count). The van der Waals surface area contributed by atoms with Gasteiger partial charge >= 0.3 is 0 Å². The fourth-order valence-electron chi connectivity index (χ4n) is 1.71. The van der Waals surface area contributed by atoms with Gasteiger partial charge < -0.3 is 0 Å². The van der Waals surface area contributed by atoms with Gasteiger partial charge in [0, 0.05) is 16.7 Å². The van der Waals surface area contributed by atoms with Crippen LogP contribution in [-0.4, -0.2) is 16.4 Å². The van der Waals surface area contributed by atoms with Crippen LogP contribution in [0.4, 0.5) is 11.4 Å². The fraction of sp³-hybridized carbons (Fsp3) is 0. The molecular formula is C15H9ClN4O3. The molecule has 0 fully saturated rings. The number of carbonyl (C=O) groups is 1. The lowest BCUT2D eigenvalue weighted by atomic mass is 10.1. The summed E-state index contributed by atoms with van der Waals surface area (Å²) in [5.41, 5.74) is 2.06. The zero-order valence-corrected chi connectivity index (χ0v) is 12.3. The van der Waals surface area contributed by atoms with Crippen molar-refractivity contribution in [2.75, 3.05) is 5.43 Å². The van der Waals surface area contributed by atoms with E-state index in [4.69, 9.17) is 16.9 Å². The Labute approximate surface area is 136 Å². The number of nitro benzene ring substituents is 1. The molecule has 0 aliphatic rings. The summed E-state index contributed by atoms with van der Waals surface area (Å²) in [6.07, 6.45) is 0. The van der Waals surface area contributed by atoms with E-state index < -0.39 is 16.4 Å². The number of Topliss-reactive ketones (excluding diaryl/α,β-unsaturated/α-hetero) is 1. The van der Waals surface area contributed by atoms with Gasteiger partial charge in [-0.15, -0.1) is 0 Å². The van der Waals surface area contributed by atoms with Crippen LogP contribution in [-0.2, 0) is 0 Å². The highest BCUT2D eigenvalue weighted by atomic mass is 35.5. The number of hydrazone groups is 1. The van der Waals surface area contributed by atoms with Gasteiger partial charge in [-0.1, -0.05) is 23.7 Å². The molecule has 0 amide bonds. The Bertz CT molecular complexity index is 825. The molecule has 0 spiro atoms. The Hall–Kier alpha value is -3.24. The van der Waals surface area contributed by atoms with Crippen molar-refractivity contribution in [3.05, 3.63) is 69.2 Å². The van der Waals surface area contributed by atoms with Crippen molar-refractivity contribution in [2.24, 2.45) is 5.10 Å². The molecule has 0 atom stereocenters. The van der Waals surface area contributed by atoms with E-state index in [0.717, 1.165) is 0 Å². The number of rotatable bonds is 5. The van der Waals surface area contributed by atoms with Gasteiger partial charge in [-0.05, 0) is 30.3 Å². The predicted octanol–water partition coefficient (Wildman–Crippen LogP) is 3.42. The molecule has 2 aromatic carbocycles. The van der Waals surface area contributed by atoms with E-state index >= 15 is 0 Å². The zero-order valence-electron chi connectivity index (χ0n) is 11.6. The summed E-state index contributed by atoms with van der Waals surface area (Å²) in [6, 6.07) is 13.4. The number of ketones is 1. The number of anilines is 1. The number of halogens is 1. The Balaban J connectivity index is 2.26. The second-order valence-corrected chi connectivity index (χ2v) is 4.73. The van der Waals surface area contributed by atoms with Crippen molar-refractivity contribution in [1.29, 1.82) is 5.26 Å². The Morgan fingerprint density at radius 1 is 1.22 bits per heavy atom. The van der Waals surface area contributed by atoms with E-state index in [0.29, 0.717) is 5.02 Å². The van der Waals surface area contributed by atoms with Crippen LogP contribution in [0.2, 0.25) is 5.02 Å². The van der Waals surface area contributed by atoms with E-state index in [9.17, 15) is 14.9 Å². The van der Waals surface area contributed by atoms with E-state index in [-0.39, 0.29) is 16.9 Å². The number of nitrogens with one attached hydrogen (secondary N) is 1. The highest BCUT2D eigenvalue weighted by molar-refractivity contribution is 6.51. The van der Waals surface area contributed by atoms with Crippen molar-refractivity contribution in [1.82, 2.24) is 0 Å². The average Bonchev–Trinajstić information content (AvgIpc) is 2.56. The lowest BCUT2D eigenvalue weighted by molar-refractivity contribution is -0.384. The van der Waals surface area contributed by atoms with E-state index in [1.54, 1.807) is 12.1 Å². The summed E-state index contributed by atoms with van der Waals surface area (Å²) < 4.78 is 0. The number of benzene rings is 2. The largest absolute Gasteiger partial charge is 0.294 e. The molecule has 114 valence electrons. The lowest BCUT2D eigenvalue weighted by Gasteiger charge is -2.03. The number of carbonyl (C=O) groups excluding carboxylic acids is 1. The molecule has 0 aromatic heterocycles. The first-order chi connectivity index (χ1) is 11.0. The number of nitriles is 1. The molecule has 0 saturated heterocycles.